The van der Waals surface area contributed by atoms with Gasteiger partial charge in [-0.3, -0.25) is 4.79 Å². The largest absolute Gasteiger partial charge is 0.342 e. The van der Waals surface area contributed by atoms with Gasteiger partial charge in [0.25, 0.3) is 5.91 Å². The quantitative estimate of drug-likeness (QED) is 0.609. The number of likely N-dealkylation sites (tertiary alicyclic amines) is 1. The minimum atomic E-state index is -1.59. The van der Waals surface area contributed by atoms with Crippen LogP contribution in [0.5, 0.6) is 0 Å². The third kappa shape index (κ3) is 3.69. The Bertz CT molecular complexity index is 1230. The minimum absolute atomic E-state index is 0.000959. The van der Waals surface area contributed by atoms with Crippen molar-refractivity contribution in [2.75, 3.05) is 13.1 Å². The normalized spacial score (nSPS) is 14.9. The van der Waals surface area contributed by atoms with E-state index in [1.54, 1.807) is 29.2 Å². The van der Waals surface area contributed by atoms with E-state index in [2.05, 4.69) is 23.8 Å². The average molecular weight is 431 g/mol. The van der Waals surface area contributed by atoms with Crippen LogP contribution in [0.15, 0.2) is 36.4 Å². The van der Waals surface area contributed by atoms with Crippen molar-refractivity contribution in [2.45, 2.75) is 46.2 Å². The second-order valence-corrected chi connectivity index (χ2v) is 9.03. The molecule has 1 saturated heterocycles. The van der Waals surface area contributed by atoms with Gasteiger partial charge in [0.05, 0.1) is 36.1 Å². The van der Waals surface area contributed by atoms with E-state index in [9.17, 15) is 4.79 Å². The number of carbonyl (C=O) groups excluding carboxylic acids is 1. The van der Waals surface area contributed by atoms with Crippen LogP contribution < -0.4 is 0 Å². The molecule has 0 unspecified atom stereocenters. The predicted octanol–water partition coefficient (Wildman–Crippen LogP) is 5.32. The molecule has 2 aromatic carbocycles. The Kier molecular flexibility index (Phi) is 5.37. The van der Waals surface area contributed by atoms with Crippen molar-refractivity contribution in [3.63, 3.8) is 0 Å². The zero-order valence-corrected chi connectivity index (χ0v) is 19.1. The second kappa shape index (κ2) is 7.90. The van der Waals surface area contributed by atoms with Gasteiger partial charge < -0.3 is 9.88 Å². The highest BCUT2D eigenvalue weighted by Crippen LogP contribution is 2.38. The van der Waals surface area contributed by atoms with E-state index < -0.39 is 5.67 Å². The number of hydrogen-bond donors (Lipinski definition) is 1. The predicted molar refractivity (Wildman–Crippen MR) is 122 cm³/mol. The zero-order chi connectivity index (χ0) is 23.2. The zero-order valence-electron chi connectivity index (χ0n) is 19.1. The van der Waals surface area contributed by atoms with Gasteiger partial charge in [0.15, 0.2) is 5.67 Å². The molecule has 1 amide bonds. The van der Waals surface area contributed by atoms with Crippen molar-refractivity contribution in [1.29, 1.82) is 5.26 Å². The molecule has 1 N–H and O–H groups in total. The average Bonchev–Trinajstić information content (AvgIpc) is 3.13. The molecule has 32 heavy (non-hydrogen) atoms. The summed E-state index contributed by atoms with van der Waals surface area (Å²) < 4.78 is 15.4. The maximum absolute atomic E-state index is 15.4. The minimum Gasteiger partial charge on any atom is -0.342 e. The first-order chi connectivity index (χ1) is 15.1. The molecular formula is C26H27FN4O. The Morgan fingerprint density at radius 1 is 1.16 bits per heavy atom. The van der Waals surface area contributed by atoms with E-state index in [0.717, 1.165) is 33.9 Å². The van der Waals surface area contributed by atoms with E-state index in [4.69, 9.17) is 5.26 Å². The van der Waals surface area contributed by atoms with Gasteiger partial charge in [-0.25, -0.2) is 9.37 Å². The molecule has 0 aliphatic carbocycles. The summed E-state index contributed by atoms with van der Waals surface area (Å²) in [6, 6.07) is 12.4. The van der Waals surface area contributed by atoms with Gasteiger partial charge in [-0.2, -0.15) is 5.26 Å². The first-order valence-corrected chi connectivity index (χ1v) is 10.8. The molecule has 1 aromatic heterocycles. The SMILES string of the molecule is Cc1cc(C)c(-c2[nH]c(C(C)C)nc2C)cc1C(=O)N1CC(F)(c2ccc(C#N)cc2)C1. The molecule has 4 rings (SSSR count). The molecule has 0 bridgehead atoms. The standard InChI is InChI=1S/C26H27FN4O/c1-15(2)24-29-18(5)23(30-24)21-11-22(17(4)10-16(21)3)25(32)31-13-26(27,14-31)20-8-6-19(12-28)7-9-20/h6-11,15H,13-14H2,1-5H3,(H,29,30). The van der Waals surface area contributed by atoms with Crippen molar-refractivity contribution in [1.82, 2.24) is 14.9 Å². The van der Waals surface area contributed by atoms with Crippen LogP contribution in [-0.4, -0.2) is 33.9 Å². The van der Waals surface area contributed by atoms with Crippen LogP contribution in [0.25, 0.3) is 11.3 Å². The molecule has 3 aromatic rings. The molecule has 0 saturated carbocycles. The number of H-pyrrole nitrogens is 1. The molecule has 1 aliphatic rings. The highest BCUT2D eigenvalue weighted by Gasteiger charge is 2.47. The van der Waals surface area contributed by atoms with Gasteiger partial charge in [-0.05, 0) is 55.7 Å². The molecule has 1 fully saturated rings. The Morgan fingerprint density at radius 2 is 1.81 bits per heavy atom. The number of alkyl halides is 1. The number of aryl methyl sites for hydroxylation is 3. The molecule has 6 heteroatoms. The molecule has 0 spiro atoms. The number of nitrogens with one attached hydrogen (secondary N) is 1. The monoisotopic (exact) mass is 430 g/mol. The fourth-order valence-corrected chi connectivity index (χ4v) is 4.27. The number of rotatable bonds is 4. The summed E-state index contributed by atoms with van der Waals surface area (Å²) in [7, 11) is 0. The number of imidazole rings is 1. The lowest BCUT2D eigenvalue weighted by molar-refractivity contribution is -0.0231. The van der Waals surface area contributed by atoms with Crippen LogP contribution >= 0.6 is 0 Å². The topological polar surface area (TPSA) is 72.8 Å². The third-order valence-electron chi connectivity index (χ3n) is 6.22. The van der Waals surface area contributed by atoms with Crippen molar-refractivity contribution < 1.29 is 9.18 Å². The molecule has 5 nitrogen and oxygen atoms in total. The van der Waals surface area contributed by atoms with E-state index in [1.165, 1.54) is 0 Å². The number of hydrogen-bond acceptors (Lipinski definition) is 3. The lowest BCUT2D eigenvalue weighted by atomic mass is 9.86. The number of nitrogens with zero attached hydrogens (tertiary/aromatic N) is 3. The van der Waals surface area contributed by atoms with Gasteiger partial charge in [-0.1, -0.05) is 32.0 Å². The van der Waals surface area contributed by atoms with Crippen molar-refractivity contribution in [2.24, 2.45) is 0 Å². The van der Waals surface area contributed by atoms with E-state index in [-0.39, 0.29) is 24.9 Å². The summed E-state index contributed by atoms with van der Waals surface area (Å²) in [6.45, 7) is 10.1. The number of aromatic nitrogens is 2. The van der Waals surface area contributed by atoms with Gasteiger partial charge in [0, 0.05) is 17.0 Å². The van der Waals surface area contributed by atoms with Crippen molar-refractivity contribution >= 4 is 5.91 Å². The fraction of sp³-hybridized carbons (Fsp3) is 0.346. The van der Waals surface area contributed by atoms with Crippen molar-refractivity contribution in [3.8, 4) is 17.3 Å². The van der Waals surface area contributed by atoms with Crippen LogP contribution in [0.3, 0.4) is 0 Å². The lowest BCUT2D eigenvalue weighted by Gasteiger charge is -2.45. The van der Waals surface area contributed by atoms with Gasteiger partial charge in [0.1, 0.15) is 5.82 Å². The fourth-order valence-electron chi connectivity index (χ4n) is 4.27. The van der Waals surface area contributed by atoms with Gasteiger partial charge in [-0.15, -0.1) is 0 Å². The molecule has 164 valence electrons. The summed E-state index contributed by atoms with van der Waals surface area (Å²) in [5.74, 6) is 1.01. The molecule has 0 radical (unpaired) electrons. The number of carbonyl (C=O) groups is 1. The maximum Gasteiger partial charge on any atom is 0.254 e. The molecule has 0 atom stereocenters. The Morgan fingerprint density at radius 3 is 2.38 bits per heavy atom. The summed E-state index contributed by atoms with van der Waals surface area (Å²) in [6.07, 6.45) is 0. The number of halogens is 1. The van der Waals surface area contributed by atoms with Crippen LogP contribution in [-0.2, 0) is 5.67 Å². The Balaban J connectivity index is 1.60. The molecular weight excluding hydrogens is 403 g/mol. The van der Waals surface area contributed by atoms with Crippen molar-refractivity contribution in [3.05, 3.63) is 75.7 Å². The summed E-state index contributed by atoms with van der Waals surface area (Å²) >= 11 is 0. The molecule has 2 heterocycles. The summed E-state index contributed by atoms with van der Waals surface area (Å²) in [5.41, 5.74) is 4.65. The highest BCUT2D eigenvalue weighted by atomic mass is 19.1. The van der Waals surface area contributed by atoms with Crippen LogP contribution in [0.1, 0.15) is 63.9 Å². The Labute approximate surface area is 187 Å². The lowest BCUT2D eigenvalue weighted by Crippen LogP contribution is -2.58. The summed E-state index contributed by atoms with van der Waals surface area (Å²) in [4.78, 5) is 22.8. The number of amides is 1. The highest BCUT2D eigenvalue weighted by molar-refractivity contribution is 5.98. The smallest absolute Gasteiger partial charge is 0.254 e. The van der Waals surface area contributed by atoms with E-state index in [0.29, 0.717) is 16.7 Å². The number of nitriles is 1. The van der Waals surface area contributed by atoms with E-state index in [1.807, 2.05) is 39.0 Å². The number of aromatic amines is 1. The van der Waals surface area contributed by atoms with Crippen LogP contribution in [0, 0.1) is 32.1 Å². The maximum atomic E-state index is 15.4. The van der Waals surface area contributed by atoms with Crippen LogP contribution in [0.4, 0.5) is 4.39 Å². The molecule has 1 aliphatic heterocycles. The third-order valence-corrected chi connectivity index (χ3v) is 6.22. The second-order valence-electron chi connectivity index (χ2n) is 9.03. The summed E-state index contributed by atoms with van der Waals surface area (Å²) in [5, 5.41) is 8.94. The first kappa shape index (κ1) is 21.8. The van der Waals surface area contributed by atoms with Gasteiger partial charge in [0.2, 0.25) is 0 Å². The first-order valence-electron chi connectivity index (χ1n) is 10.8. The number of benzene rings is 2. The van der Waals surface area contributed by atoms with Gasteiger partial charge >= 0.3 is 0 Å². The van der Waals surface area contributed by atoms with Crippen LogP contribution in [0.2, 0.25) is 0 Å². The Hall–Kier alpha value is -3.46. The van der Waals surface area contributed by atoms with E-state index >= 15 is 4.39 Å².